The fourth-order valence-corrected chi connectivity index (χ4v) is 3.98. The molecule has 1 aromatic carbocycles. The maximum absolute atomic E-state index is 12.7. The second-order valence-electron chi connectivity index (χ2n) is 13.5. The summed E-state index contributed by atoms with van der Waals surface area (Å²) in [5.41, 5.74) is 2.88. The number of hydrogen-bond donors (Lipinski definition) is 2. The van der Waals surface area contributed by atoms with Crippen molar-refractivity contribution in [3.05, 3.63) is 29.8 Å². The monoisotopic (exact) mass is 621 g/mol. The number of nitrogens with one attached hydrogen (secondary N) is 2. The lowest BCUT2D eigenvalue weighted by atomic mass is 9.93. The summed E-state index contributed by atoms with van der Waals surface area (Å²) in [5.74, 6) is -2.21. The van der Waals surface area contributed by atoms with Crippen LogP contribution in [0.2, 0.25) is 0 Å². The van der Waals surface area contributed by atoms with Crippen LogP contribution in [0.4, 0.5) is 4.79 Å². The van der Waals surface area contributed by atoms with Crippen LogP contribution in [0, 0.1) is 5.92 Å². The van der Waals surface area contributed by atoms with E-state index in [0.717, 1.165) is 0 Å². The molecule has 0 spiro atoms. The van der Waals surface area contributed by atoms with E-state index in [1.165, 1.54) is 24.3 Å². The number of hydrazine groups is 1. The number of carbonyl (C=O) groups excluding carboxylic acids is 5. The quantitative estimate of drug-likeness (QED) is 0.179. The van der Waals surface area contributed by atoms with E-state index in [2.05, 4.69) is 10.9 Å². The number of nitrogens with zero attached hydrogens (tertiary/aromatic N) is 1. The van der Waals surface area contributed by atoms with E-state index in [9.17, 15) is 24.0 Å². The molecule has 13 nitrogen and oxygen atoms in total. The topological polar surface area (TPSA) is 159 Å². The zero-order chi connectivity index (χ0) is 33.3. The largest absolute Gasteiger partial charge is 0.458 e. The van der Waals surface area contributed by atoms with Crippen molar-refractivity contribution in [1.82, 2.24) is 15.8 Å². The van der Waals surface area contributed by atoms with Crippen LogP contribution in [-0.2, 0) is 33.3 Å². The highest BCUT2D eigenvalue weighted by molar-refractivity contribution is 5.95. The van der Waals surface area contributed by atoms with Gasteiger partial charge in [-0.25, -0.2) is 14.4 Å². The Labute approximate surface area is 259 Å². The molecule has 1 aromatic rings. The Bertz CT molecular complexity index is 1160. The maximum Gasteiger partial charge on any atom is 0.410 e. The lowest BCUT2D eigenvalue weighted by molar-refractivity contribution is -0.193. The molecule has 1 fully saturated rings. The average Bonchev–Trinajstić information content (AvgIpc) is 2.87. The lowest BCUT2D eigenvalue weighted by Gasteiger charge is -2.33. The minimum atomic E-state index is -1.57. The standard InChI is InChI=1S/C31H47N3O10/c1-29(2,3)42-24(36)19-40-27(26(38)43-30(4,5)6)41-22-12-10-21(11-13-22)25(37)33-32-23(35)18-20-14-16-34(17-15-20)28(39)44-31(7,8)9/h10-13,20,27H,14-19H2,1-9H3,(H,32,35)(H,33,37). The first kappa shape index (κ1) is 36.3. The second-order valence-corrected chi connectivity index (χ2v) is 13.5. The highest BCUT2D eigenvalue weighted by atomic mass is 16.7. The number of carbonyl (C=O) groups is 5. The molecule has 44 heavy (non-hydrogen) atoms. The number of rotatable bonds is 9. The molecule has 1 atom stereocenters. The van der Waals surface area contributed by atoms with E-state index < -0.39 is 47.5 Å². The molecule has 0 radical (unpaired) electrons. The summed E-state index contributed by atoms with van der Waals surface area (Å²) in [6, 6.07) is 5.74. The summed E-state index contributed by atoms with van der Waals surface area (Å²) in [6.07, 6.45) is -0.443. The predicted molar refractivity (Wildman–Crippen MR) is 159 cm³/mol. The molecule has 2 N–H and O–H groups in total. The van der Waals surface area contributed by atoms with E-state index in [0.29, 0.717) is 25.9 Å². The van der Waals surface area contributed by atoms with Crippen LogP contribution in [0.3, 0.4) is 0 Å². The van der Waals surface area contributed by atoms with E-state index in [-0.39, 0.29) is 35.7 Å². The van der Waals surface area contributed by atoms with Gasteiger partial charge in [0.1, 0.15) is 29.2 Å². The summed E-state index contributed by atoms with van der Waals surface area (Å²) in [7, 11) is 0. The number of piperidine rings is 1. The van der Waals surface area contributed by atoms with Crippen LogP contribution in [0.1, 0.15) is 91.9 Å². The highest BCUT2D eigenvalue weighted by Gasteiger charge is 2.30. The highest BCUT2D eigenvalue weighted by Crippen LogP contribution is 2.22. The molecule has 1 aliphatic rings. The summed E-state index contributed by atoms with van der Waals surface area (Å²) in [6.45, 7) is 16.0. The van der Waals surface area contributed by atoms with Crippen LogP contribution < -0.4 is 15.6 Å². The zero-order valence-corrected chi connectivity index (χ0v) is 27.2. The van der Waals surface area contributed by atoms with Crippen LogP contribution in [0.15, 0.2) is 24.3 Å². The molecular weight excluding hydrogens is 574 g/mol. The number of ether oxygens (including phenoxy) is 5. The van der Waals surface area contributed by atoms with Crippen molar-refractivity contribution in [2.24, 2.45) is 5.92 Å². The number of hydrogen-bond acceptors (Lipinski definition) is 10. The molecule has 3 amide bonds. The Kier molecular flexibility index (Phi) is 12.6. The molecule has 2 rings (SSSR count). The number of benzene rings is 1. The van der Waals surface area contributed by atoms with Crippen molar-refractivity contribution in [3.63, 3.8) is 0 Å². The molecule has 0 saturated carbocycles. The molecule has 1 unspecified atom stereocenters. The molecule has 1 heterocycles. The third kappa shape index (κ3) is 14.1. The number of amides is 3. The van der Waals surface area contributed by atoms with Gasteiger partial charge in [-0.1, -0.05) is 0 Å². The molecule has 0 aromatic heterocycles. The van der Waals surface area contributed by atoms with E-state index in [1.54, 1.807) is 46.4 Å². The van der Waals surface area contributed by atoms with Crippen molar-refractivity contribution < 1.29 is 47.7 Å². The van der Waals surface area contributed by atoms with Gasteiger partial charge in [0.05, 0.1) is 0 Å². The summed E-state index contributed by atoms with van der Waals surface area (Å²) < 4.78 is 27.0. The van der Waals surface area contributed by atoms with Gasteiger partial charge in [-0.15, -0.1) is 0 Å². The van der Waals surface area contributed by atoms with Crippen molar-refractivity contribution in [1.29, 1.82) is 0 Å². The second kappa shape index (κ2) is 15.2. The Morgan fingerprint density at radius 3 is 1.86 bits per heavy atom. The van der Waals surface area contributed by atoms with Crippen LogP contribution in [0.5, 0.6) is 5.75 Å². The molecule has 0 bridgehead atoms. The minimum Gasteiger partial charge on any atom is -0.458 e. The van der Waals surface area contributed by atoms with Crippen molar-refractivity contribution in [3.8, 4) is 5.75 Å². The Morgan fingerprint density at radius 1 is 0.795 bits per heavy atom. The smallest absolute Gasteiger partial charge is 0.410 e. The van der Waals surface area contributed by atoms with Gasteiger partial charge in [0.2, 0.25) is 5.91 Å². The van der Waals surface area contributed by atoms with E-state index in [1.807, 2.05) is 20.8 Å². The SMILES string of the molecule is CC(C)(C)OC(=O)COC(Oc1ccc(C(=O)NNC(=O)CC2CCN(C(=O)OC(C)(C)C)CC2)cc1)C(=O)OC(C)(C)C. The third-order valence-electron chi connectivity index (χ3n) is 5.79. The van der Waals surface area contributed by atoms with Gasteiger partial charge in [-0.05, 0) is 105 Å². The predicted octanol–water partition coefficient (Wildman–Crippen LogP) is 3.89. The Balaban J connectivity index is 1.87. The van der Waals surface area contributed by atoms with Gasteiger partial charge in [-0.3, -0.25) is 20.4 Å². The average molecular weight is 622 g/mol. The van der Waals surface area contributed by atoms with Crippen molar-refractivity contribution in [2.75, 3.05) is 19.7 Å². The number of likely N-dealkylation sites (tertiary alicyclic amines) is 1. The van der Waals surface area contributed by atoms with E-state index >= 15 is 0 Å². The maximum atomic E-state index is 12.7. The van der Waals surface area contributed by atoms with Gasteiger partial charge in [0.15, 0.2) is 0 Å². The zero-order valence-electron chi connectivity index (χ0n) is 27.2. The fourth-order valence-electron chi connectivity index (χ4n) is 3.98. The fraction of sp³-hybridized carbons (Fsp3) is 0.645. The normalized spacial score (nSPS) is 15.1. The third-order valence-corrected chi connectivity index (χ3v) is 5.79. The Hall–Kier alpha value is -3.87. The van der Waals surface area contributed by atoms with Crippen LogP contribution in [-0.4, -0.2) is 77.5 Å². The van der Waals surface area contributed by atoms with E-state index in [4.69, 9.17) is 23.7 Å². The van der Waals surface area contributed by atoms with Crippen molar-refractivity contribution in [2.45, 2.75) is 105 Å². The van der Waals surface area contributed by atoms with Gasteiger partial charge < -0.3 is 28.6 Å². The molecular formula is C31H47N3O10. The van der Waals surface area contributed by atoms with Crippen LogP contribution >= 0.6 is 0 Å². The lowest BCUT2D eigenvalue weighted by Crippen LogP contribution is -2.44. The first-order chi connectivity index (χ1) is 20.2. The molecule has 1 aliphatic heterocycles. The first-order valence-electron chi connectivity index (χ1n) is 14.6. The van der Waals surface area contributed by atoms with Crippen molar-refractivity contribution >= 4 is 29.8 Å². The van der Waals surface area contributed by atoms with Crippen LogP contribution in [0.25, 0.3) is 0 Å². The minimum absolute atomic E-state index is 0.0671. The van der Waals surface area contributed by atoms with Gasteiger partial charge in [0, 0.05) is 25.1 Å². The molecule has 13 heteroatoms. The van der Waals surface area contributed by atoms with Gasteiger partial charge >= 0.3 is 18.0 Å². The van der Waals surface area contributed by atoms with Gasteiger partial charge in [-0.2, -0.15) is 0 Å². The summed E-state index contributed by atoms with van der Waals surface area (Å²) in [4.78, 5) is 63.7. The number of esters is 2. The Morgan fingerprint density at radius 2 is 1.34 bits per heavy atom. The van der Waals surface area contributed by atoms with Gasteiger partial charge in [0.25, 0.3) is 12.2 Å². The molecule has 246 valence electrons. The molecule has 1 saturated heterocycles. The first-order valence-corrected chi connectivity index (χ1v) is 14.6. The molecule has 0 aliphatic carbocycles. The summed E-state index contributed by atoms with van der Waals surface area (Å²) >= 11 is 0. The summed E-state index contributed by atoms with van der Waals surface area (Å²) in [5, 5.41) is 0.